The first-order chi connectivity index (χ1) is 7.29. The predicted molar refractivity (Wildman–Crippen MR) is 59.8 cm³/mol. The Morgan fingerprint density at radius 2 is 2.33 bits per heavy atom. The predicted octanol–water partition coefficient (Wildman–Crippen LogP) is 1.50. The molecule has 1 saturated carbocycles. The molecule has 1 aromatic heterocycles. The standard InChI is InChI=1S/C11H20N4/c1-15-8-10(7-13-15)11(14-12)6-9-4-2-3-5-9/h7-9,11,14H,2-6,12H2,1H3. The maximum absolute atomic E-state index is 5.61. The molecule has 4 heteroatoms. The van der Waals surface area contributed by atoms with Crippen molar-refractivity contribution in [1.82, 2.24) is 15.2 Å². The van der Waals surface area contributed by atoms with Gasteiger partial charge in [-0.3, -0.25) is 16.0 Å². The SMILES string of the molecule is Cn1cc(C(CC2CCCC2)NN)cn1. The first kappa shape index (κ1) is 10.6. The molecule has 4 nitrogen and oxygen atoms in total. The van der Waals surface area contributed by atoms with Crippen LogP contribution in [0.5, 0.6) is 0 Å². The van der Waals surface area contributed by atoms with Crippen molar-refractivity contribution in [2.24, 2.45) is 18.8 Å². The highest BCUT2D eigenvalue weighted by Gasteiger charge is 2.21. The van der Waals surface area contributed by atoms with Gasteiger partial charge in [0.1, 0.15) is 0 Å². The van der Waals surface area contributed by atoms with E-state index in [2.05, 4.69) is 10.5 Å². The lowest BCUT2D eigenvalue weighted by Crippen LogP contribution is -2.29. The van der Waals surface area contributed by atoms with Crippen LogP contribution in [0.15, 0.2) is 12.4 Å². The van der Waals surface area contributed by atoms with E-state index in [1.165, 1.54) is 31.2 Å². The van der Waals surface area contributed by atoms with Crippen molar-refractivity contribution in [3.8, 4) is 0 Å². The fourth-order valence-corrected chi connectivity index (χ4v) is 2.50. The van der Waals surface area contributed by atoms with Gasteiger partial charge in [-0.2, -0.15) is 5.10 Å². The molecular formula is C11H20N4. The average molecular weight is 208 g/mol. The van der Waals surface area contributed by atoms with Crippen LogP contribution < -0.4 is 11.3 Å². The Balaban J connectivity index is 1.97. The molecule has 0 aliphatic heterocycles. The fraction of sp³-hybridized carbons (Fsp3) is 0.727. The maximum Gasteiger partial charge on any atom is 0.0538 e. The normalized spacial score (nSPS) is 19.6. The van der Waals surface area contributed by atoms with E-state index in [1.807, 2.05) is 24.1 Å². The molecule has 84 valence electrons. The zero-order chi connectivity index (χ0) is 10.7. The van der Waals surface area contributed by atoms with Crippen LogP contribution in [0.2, 0.25) is 0 Å². The van der Waals surface area contributed by atoms with Gasteiger partial charge in [-0.25, -0.2) is 0 Å². The lowest BCUT2D eigenvalue weighted by molar-refractivity contribution is 0.400. The summed E-state index contributed by atoms with van der Waals surface area (Å²) in [5.74, 6) is 6.44. The second-order valence-electron chi connectivity index (χ2n) is 4.55. The molecule has 1 unspecified atom stereocenters. The number of hydrazine groups is 1. The first-order valence-corrected chi connectivity index (χ1v) is 5.74. The molecule has 15 heavy (non-hydrogen) atoms. The third kappa shape index (κ3) is 2.58. The minimum atomic E-state index is 0.266. The van der Waals surface area contributed by atoms with Crippen LogP contribution in [0.1, 0.15) is 43.7 Å². The molecule has 1 aliphatic rings. The zero-order valence-electron chi connectivity index (χ0n) is 9.32. The summed E-state index contributed by atoms with van der Waals surface area (Å²) in [5.41, 5.74) is 4.11. The van der Waals surface area contributed by atoms with E-state index in [1.54, 1.807) is 0 Å². The Bertz CT molecular complexity index is 301. The largest absolute Gasteiger partial charge is 0.275 e. The van der Waals surface area contributed by atoms with Gasteiger partial charge in [-0.15, -0.1) is 0 Å². The van der Waals surface area contributed by atoms with Crippen LogP contribution in [0, 0.1) is 5.92 Å². The smallest absolute Gasteiger partial charge is 0.0538 e. The van der Waals surface area contributed by atoms with Gasteiger partial charge in [-0.05, 0) is 12.3 Å². The van der Waals surface area contributed by atoms with Crippen LogP contribution >= 0.6 is 0 Å². The molecular weight excluding hydrogens is 188 g/mol. The van der Waals surface area contributed by atoms with Crippen molar-refractivity contribution in [3.63, 3.8) is 0 Å². The van der Waals surface area contributed by atoms with Gasteiger partial charge in [0, 0.05) is 24.8 Å². The van der Waals surface area contributed by atoms with Crippen LogP contribution in [-0.4, -0.2) is 9.78 Å². The Labute approximate surface area is 90.8 Å². The molecule has 1 atom stereocenters. The molecule has 1 aromatic rings. The Kier molecular flexibility index (Phi) is 3.38. The summed E-state index contributed by atoms with van der Waals surface area (Å²) in [4.78, 5) is 0. The summed E-state index contributed by atoms with van der Waals surface area (Å²) in [6, 6.07) is 0.266. The van der Waals surface area contributed by atoms with Gasteiger partial charge < -0.3 is 0 Å². The maximum atomic E-state index is 5.61. The number of nitrogens with two attached hydrogens (primary N) is 1. The lowest BCUT2D eigenvalue weighted by Gasteiger charge is -2.18. The highest BCUT2D eigenvalue weighted by molar-refractivity contribution is 5.10. The topological polar surface area (TPSA) is 55.9 Å². The van der Waals surface area contributed by atoms with E-state index in [4.69, 9.17) is 5.84 Å². The van der Waals surface area contributed by atoms with Gasteiger partial charge in [0.2, 0.25) is 0 Å². The van der Waals surface area contributed by atoms with Crippen molar-refractivity contribution in [2.75, 3.05) is 0 Å². The lowest BCUT2D eigenvalue weighted by atomic mass is 9.96. The van der Waals surface area contributed by atoms with Crippen molar-refractivity contribution in [3.05, 3.63) is 18.0 Å². The fourth-order valence-electron chi connectivity index (χ4n) is 2.50. The van der Waals surface area contributed by atoms with Crippen molar-refractivity contribution < 1.29 is 0 Å². The number of nitrogens with zero attached hydrogens (tertiary/aromatic N) is 2. The number of aromatic nitrogens is 2. The van der Waals surface area contributed by atoms with Crippen LogP contribution in [0.25, 0.3) is 0 Å². The molecule has 0 spiro atoms. The minimum Gasteiger partial charge on any atom is -0.275 e. The van der Waals surface area contributed by atoms with E-state index < -0.39 is 0 Å². The second-order valence-corrected chi connectivity index (χ2v) is 4.55. The van der Waals surface area contributed by atoms with Crippen molar-refractivity contribution >= 4 is 0 Å². The first-order valence-electron chi connectivity index (χ1n) is 5.74. The summed E-state index contributed by atoms with van der Waals surface area (Å²) in [5, 5.41) is 4.18. The quantitative estimate of drug-likeness (QED) is 0.582. The Hall–Kier alpha value is -0.870. The summed E-state index contributed by atoms with van der Waals surface area (Å²) in [6.07, 6.45) is 10.6. The highest BCUT2D eigenvalue weighted by atomic mass is 15.3. The molecule has 1 aliphatic carbocycles. The summed E-state index contributed by atoms with van der Waals surface area (Å²) in [6.45, 7) is 0. The molecule has 1 fully saturated rings. The van der Waals surface area contributed by atoms with Crippen LogP contribution in [0.3, 0.4) is 0 Å². The highest BCUT2D eigenvalue weighted by Crippen LogP contribution is 2.32. The molecule has 0 radical (unpaired) electrons. The molecule has 0 bridgehead atoms. The van der Waals surface area contributed by atoms with Gasteiger partial charge in [-0.1, -0.05) is 25.7 Å². The van der Waals surface area contributed by atoms with Gasteiger partial charge in [0.25, 0.3) is 0 Å². The minimum absolute atomic E-state index is 0.266. The summed E-state index contributed by atoms with van der Waals surface area (Å²) >= 11 is 0. The molecule has 0 amide bonds. The number of nitrogens with one attached hydrogen (secondary N) is 1. The average Bonchev–Trinajstić information content (AvgIpc) is 2.85. The Morgan fingerprint density at radius 1 is 1.60 bits per heavy atom. The molecule has 2 rings (SSSR count). The van der Waals surface area contributed by atoms with Crippen LogP contribution in [-0.2, 0) is 7.05 Å². The van der Waals surface area contributed by atoms with Crippen molar-refractivity contribution in [1.29, 1.82) is 0 Å². The van der Waals surface area contributed by atoms with Gasteiger partial charge >= 0.3 is 0 Å². The van der Waals surface area contributed by atoms with E-state index in [9.17, 15) is 0 Å². The molecule has 0 aromatic carbocycles. The van der Waals surface area contributed by atoms with E-state index >= 15 is 0 Å². The summed E-state index contributed by atoms with van der Waals surface area (Å²) < 4.78 is 1.83. The van der Waals surface area contributed by atoms with E-state index in [0.717, 1.165) is 12.3 Å². The monoisotopic (exact) mass is 208 g/mol. The second kappa shape index (κ2) is 4.77. The number of hydrogen-bond acceptors (Lipinski definition) is 3. The van der Waals surface area contributed by atoms with E-state index in [-0.39, 0.29) is 6.04 Å². The molecule has 0 saturated heterocycles. The zero-order valence-corrected chi connectivity index (χ0v) is 9.32. The number of aryl methyl sites for hydroxylation is 1. The van der Waals surface area contributed by atoms with Gasteiger partial charge in [0.05, 0.1) is 6.20 Å². The van der Waals surface area contributed by atoms with Gasteiger partial charge in [0.15, 0.2) is 0 Å². The third-order valence-electron chi connectivity index (χ3n) is 3.37. The number of rotatable bonds is 4. The number of hydrogen-bond donors (Lipinski definition) is 2. The summed E-state index contributed by atoms with van der Waals surface area (Å²) in [7, 11) is 1.94. The Morgan fingerprint density at radius 3 is 2.87 bits per heavy atom. The molecule has 3 N–H and O–H groups in total. The third-order valence-corrected chi connectivity index (χ3v) is 3.37. The molecule has 1 heterocycles. The van der Waals surface area contributed by atoms with E-state index in [0.29, 0.717) is 0 Å². The van der Waals surface area contributed by atoms with Crippen molar-refractivity contribution in [2.45, 2.75) is 38.1 Å². The van der Waals surface area contributed by atoms with Crippen LogP contribution in [0.4, 0.5) is 0 Å².